The van der Waals surface area contributed by atoms with Crippen molar-refractivity contribution in [3.05, 3.63) is 6.20 Å². The third-order valence-corrected chi connectivity index (χ3v) is 1.36. The Kier molecular flexibility index (Phi) is 1.82. The average Bonchev–Trinajstić information content (AvgIpc) is 1.80. The SMILES string of the molecule is Nc1cnc(S)nc1S. The van der Waals surface area contributed by atoms with Gasteiger partial charge >= 0.3 is 0 Å². The topological polar surface area (TPSA) is 51.8 Å². The van der Waals surface area contributed by atoms with Crippen molar-refractivity contribution in [1.29, 1.82) is 0 Å². The summed E-state index contributed by atoms with van der Waals surface area (Å²) < 4.78 is 0. The number of nitrogen functional groups attached to an aromatic ring is 1. The fourth-order valence-corrected chi connectivity index (χ4v) is 0.762. The first-order valence-electron chi connectivity index (χ1n) is 2.20. The van der Waals surface area contributed by atoms with E-state index in [9.17, 15) is 0 Å². The number of anilines is 1. The summed E-state index contributed by atoms with van der Waals surface area (Å²) in [5.41, 5.74) is 5.82. The second-order valence-electron chi connectivity index (χ2n) is 1.45. The highest BCUT2D eigenvalue weighted by Gasteiger charge is 1.94. The van der Waals surface area contributed by atoms with E-state index in [1.807, 2.05) is 0 Å². The summed E-state index contributed by atoms with van der Waals surface area (Å²) in [6.07, 6.45) is 1.47. The van der Waals surface area contributed by atoms with Crippen LogP contribution in [-0.2, 0) is 0 Å². The molecule has 1 aromatic heterocycles. The minimum Gasteiger partial charge on any atom is -0.395 e. The Balaban J connectivity index is 3.17. The molecule has 9 heavy (non-hydrogen) atoms. The molecule has 0 saturated carbocycles. The summed E-state index contributed by atoms with van der Waals surface area (Å²) in [6.45, 7) is 0. The van der Waals surface area contributed by atoms with Crippen molar-refractivity contribution in [2.75, 3.05) is 5.73 Å². The molecule has 1 heterocycles. The van der Waals surface area contributed by atoms with Gasteiger partial charge in [-0.1, -0.05) is 0 Å². The number of hydrogen-bond donors (Lipinski definition) is 3. The highest BCUT2D eigenvalue weighted by Crippen LogP contribution is 2.11. The molecular weight excluding hydrogens is 154 g/mol. The van der Waals surface area contributed by atoms with E-state index < -0.39 is 0 Å². The molecule has 0 aliphatic rings. The van der Waals surface area contributed by atoms with Gasteiger partial charge in [-0.15, -0.1) is 25.3 Å². The van der Waals surface area contributed by atoms with Crippen LogP contribution in [0.3, 0.4) is 0 Å². The van der Waals surface area contributed by atoms with Gasteiger partial charge in [0.2, 0.25) is 0 Å². The Morgan fingerprint density at radius 1 is 1.44 bits per heavy atom. The molecule has 1 aromatic rings. The number of thiol groups is 2. The summed E-state index contributed by atoms with van der Waals surface area (Å²) in [4.78, 5) is 7.48. The minimum atomic E-state index is 0.384. The van der Waals surface area contributed by atoms with Gasteiger partial charge in [0.05, 0.1) is 11.9 Å². The molecular formula is C4H5N3S2. The maximum atomic E-state index is 5.35. The largest absolute Gasteiger partial charge is 0.395 e. The summed E-state index contributed by atoms with van der Waals surface area (Å²) in [7, 11) is 0. The van der Waals surface area contributed by atoms with E-state index in [1.165, 1.54) is 6.20 Å². The van der Waals surface area contributed by atoms with Crippen LogP contribution in [0.2, 0.25) is 0 Å². The van der Waals surface area contributed by atoms with Gasteiger partial charge in [-0.2, -0.15) is 0 Å². The Labute approximate surface area is 63.5 Å². The molecule has 48 valence electrons. The van der Waals surface area contributed by atoms with E-state index in [0.717, 1.165) is 0 Å². The molecule has 0 spiro atoms. The minimum absolute atomic E-state index is 0.384. The zero-order valence-electron chi connectivity index (χ0n) is 4.44. The van der Waals surface area contributed by atoms with E-state index >= 15 is 0 Å². The van der Waals surface area contributed by atoms with Gasteiger partial charge in [0.15, 0.2) is 5.16 Å². The molecule has 5 heteroatoms. The first kappa shape index (κ1) is 6.70. The lowest BCUT2D eigenvalue weighted by atomic mass is 10.6. The van der Waals surface area contributed by atoms with Gasteiger partial charge in [-0.25, -0.2) is 9.97 Å². The van der Waals surface area contributed by atoms with Crippen molar-refractivity contribution in [2.24, 2.45) is 0 Å². The lowest BCUT2D eigenvalue weighted by Crippen LogP contribution is -1.92. The van der Waals surface area contributed by atoms with Gasteiger partial charge in [0.25, 0.3) is 0 Å². The number of rotatable bonds is 0. The van der Waals surface area contributed by atoms with E-state index in [4.69, 9.17) is 5.73 Å². The summed E-state index contributed by atoms with van der Waals surface area (Å²) in [5, 5.41) is 0.851. The van der Waals surface area contributed by atoms with Crippen molar-refractivity contribution in [3.8, 4) is 0 Å². The molecule has 0 saturated heterocycles. The number of hydrogen-bond acceptors (Lipinski definition) is 5. The molecule has 1 rings (SSSR count). The molecule has 0 aromatic carbocycles. The first-order chi connectivity index (χ1) is 4.20. The lowest BCUT2D eigenvalue weighted by Gasteiger charge is -1.94. The predicted octanol–water partition coefficient (Wildman–Crippen LogP) is 0.636. The number of aromatic nitrogens is 2. The average molecular weight is 159 g/mol. The fraction of sp³-hybridized carbons (Fsp3) is 0. The van der Waals surface area contributed by atoms with Crippen molar-refractivity contribution < 1.29 is 0 Å². The second-order valence-corrected chi connectivity index (χ2v) is 2.27. The second kappa shape index (κ2) is 2.45. The van der Waals surface area contributed by atoms with Gasteiger partial charge < -0.3 is 5.73 Å². The highest BCUT2D eigenvalue weighted by molar-refractivity contribution is 7.80. The zero-order valence-corrected chi connectivity index (χ0v) is 6.23. The summed E-state index contributed by atoms with van der Waals surface area (Å²) >= 11 is 7.82. The van der Waals surface area contributed by atoms with Gasteiger partial charge in [0, 0.05) is 0 Å². The molecule has 3 nitrogen and oxygen atoms in total. The standard InChI is InChI=1S/C4H5N3S2/c5-2-1-6-4(9)7-3(2)8/h1H,5H2,(H2,6,7,8,9). The van der Waals surface area contributed by atoms with Crippen molar-refractivity contribution in [1.82, 2.24) is 9.97 Å². The molecule has 0 radical (unpaired) electrons. The Morgan fingerprint density at radius 3 is 2.56 bits per heavy atom. The monoisotopic (exact) mass is 159 g/mol. The van der Waals surface area contributed by atoms with Crippen LogP contribution in [0.15, 0.2) is 16.4 Å². The van der Waals surface area contributed by atoms with Crippen LogP contribution < -0.4 is 5.73 Å². The van der Waals surface area contributed by atoms with Crippen molar-refractivity contribution >= 4 is 30.9 Å². The molecule has 0 aliphatic carbocycles. The Hall–Kier alpha value is -0.420. The van der Waals surface area contributed by atoms with Crippen LogP contribution in [0, 0.1) is 0 Å². The summed E-state index contributed by atoms with van der Waals surface area (Å²) in [5.74, 6) is 0. The molecule has 0 aliphatic heterocycles. The number of nitrogens with zero attached hydrogens (tertiary/aromatic N) is 2. The van der Waals surface area contributed by atoms with Crippen LogP contribution >= 0.6 is 25.3 Å². The molecule has 0 amide bonds. The third-order valence-electron chi connectivity index (χ3n) is 0.783. The van der Waals surface area contributed by atoms with Gasteiger partial charge in [-0.3, -0.25) is 0 Å². The fourth-order valence-electron chi connectivity index (χ4n) is 0.373. The van der Waals surface area contributed by atoms with E-state index in [2.05, 4.69) is 35.2 Å². The Bertz CT molecular complexity index is 225. The van der Waals surface area contributed by atoms with Crippen LogP contribution in [0.1, 0.15) is 0 Å². The maximum absolute atomic E-state index is 5.35. The molecule has 2 N–H and O–H groups in total. The van der Waals surface area contributed by atoms with Crippen LogP contribution in [0.4, 0.5) is 5.69 Å². The molecule has 0 fully saturated rings. The molecule has 0 unspecified atom stereocenters. The maximum Gasteiger partial charge on any atom is 0.185 e. The third kappa shape index (κ3) is 1.49. The normalized spacial score (nSPS) is 9.56. The highest BCUT2D eigenvalue weighted by atomic mass is 32.1. The molecule has 0 bridgehead atoms. The van der Waals surface area contributed by atoms with Crippen LogP contribution in [0.25, 0.3) is 0 Å². The number of nitrogens with two attached hydrogens (primary N) is 1. The van der Waals surface area contributed by atoms with Gasteiger partial charge in [0.1, 0.15) is 5.03 Å². The quantitative estimate of drug-likeness (QED) is 0.296. The van der Waals surface area contributed by atoms with E-state index in [-0.39, 0.29) is 0 Å². The lowest BCUT2D eigenvalue weighted by molar-refractivity contribution is 0.907. The van der Waals surface area contributed by atoms with E-state index in [0.29, 0.717) is 15.9 Å². The molecule has 0 atom stereocenters. The first-order valence-corrected chi connectivity index (χ1v) is 3.10. The smallest absolute Gasteiger partial charge is 0.185 e. The van der Waals surface area contributed by atoms with Crippen molar-refractivity contribution in [3.63, 3.8) is 0 Å². The van der Waals surface area contributed by atoms with Crippen molar-refractivity contribution in [2.45, 2.75) is 10.2 Å². The summed E-state index contributed by atoms with van der Waals surface area (Å²) in [6, 6.07) is 0. The van der Waals surface area contributed by atoms with Crippen LogP contribution in [-0.4, -0.2) is 9.97 Å². The predicted molar refractivity (Wildman–Crippen MR) is 40.9 cm³/mol. The zero-order chi connectivity index (χ0) is 6.85. The van der Waals surface area contributed by atoms with Crippen LogP contribution in [0.5, 0.6) is 0 Å². The van der Waals surface area contributed by atoms with Gasteiger partial charge in [-0.05, 0) is 0 Å². The van der Waals surface area contributed by atoms with E-state index in [1.54, 1.807) is 0 Å². The Morgan fingerprint density at radius 2 is 2.11 bits per heavy atom.